The van der Waals surface area contributed by atoms with E-state index in [1.807, 2.05) is 0 Å². The van der Waals surface area contributed by atoms with Crippen LogP contribution >= 0.6 is 0 Å². The molecule has 0 aromatic heterocycles. The fourth-order valence-electron chi connectivity index (χ4n) is 1.52. The Kier molecular flexibility index (Phi) is 10.7. The maximum absolute atomic E-state index is 13.1. The van der Waals surface area contributed by atoms with Gasteiger partial charge in [0.15, 0.2) is 5.92 Å². The maximum Gasteiger partial charge on any atom is 0.323 e. The summed E-state index contributed by atoms with van der Waals surface area (Å²) in [4.78, 5) is 23.8. The van der Waals surface area contributed by atoms with Crippen molar-refractivity contribution in [3.05, 3.63) is 0 Å². The van der Waals surface area contributed by atoms with Crippen molar-refractivity contribution in [3.8, 4) is 0 Å². The average molecular weight is 310 g/mol. The molecule has 1 unspecified atom stereocenters. The van der Waals surface area contributed by atoms with Gasteiger partial charge in [-0.25, -0.2) is 8.78 Å². The van der Waals surface area contributed by atoms with Crippen LogP contribution in [0.2, 0.25) is 0 Å². The van der Waals surface area contributed by atoms with Crippen LogP contribution in [-0.4, -0.2) is 44.3 Å². The summed E-state index contributed by atoms with van der Waals surface area (Å²) in [5.74, 6) is -3.81. The molecular weight excluding hydrogens is 286 g/mol. The van der Waals surface area contributed by atoms with Crippen LogP contribution in [0, 0.1) is 5.92 Å². The smallest absolute Gasteiger partial charge is 0.323 e. The highest BCUT2D eigenvalue weighted by atomic mass is 19.3. The average Bonchev–Trinajstić information content (AvgIpc) is 2.46. The fourth-order valence-corrected chi connectivity index (χ4v) is 1.52. The van der Waals surface area contributed by atoms with Gasteiger partial charge in [-0.15, -0.1) is 0 Å². The Labute approximate surface area is 123 Å². The van der Waals surface area contributed by atoms with E-state index in [1.165, 1.54) is 0 Å². The third-order valence-electron chi connectivity index (χ3n) is 2.50. The minimum atomic E-state index is -2.98. The number of carbonyl (C=O) groups is 2. The van der Waals surface area contributed by atoms with Gasteiger partial charge in [-0.1, -0.05) is 20.8 Å². The summed E-state index contributed by atoms with van der Waals surface area (Å²) < 4.78 is 40.8. The van der Waals surface area contributed by atoms with Crippen molar-refractivity contribution in [2.24, 2.45) is 5.92 Å². The van der Waals surface area contributed by atoms with Crippen LogP contribution < -0.4 is 0 Å². The molecule has 0 aromatic rings. The summed E-state index contributed by atoms with van der Waals surface area (Å²) in [5.41, 5.74) is 0. The molecule has 0 aromatic carbocycles. The van der Waals surface area contributed by atoms with Crippen LogP contribution in [0.25, 0.3) is 0 Å². The molecule has 0 aliphatic heterocycles. The van der Waals surface area contributed by atoms with E-state index in [2.05, 4.69) is 0 Å². The topological polar surface area (TPSA) is 61.8 Å². The van der Waals surface area contributed by atoms with Gasteiger partial charge in [-0.05, 0) is 19.3 Å². The Hall–Kier alpha value is -1.24. The van der Waals surface area contributed by atoms with E-state index in [0.717, 1.165) is 0 Å². The van der Waals surface area contributed by atoms with Gasteiger partial charge in [0.05, 0.1) is 13.2 Å². The molecule has 0 rings (SSSR count). The Balaban J connectivity index is 5.03. The highest BCUT2D eigenvalue weighted by molar-refractivity contribution is 5.95. The van der Waals surface area contributed by atoms with Crippen molar-refractivity contribution in [2.75, 3.05) is 19.8 Å². The summed E-state index contributed by atoms with van der Waals surface area (Å²) in [5, 5.41) is 0. The Morgan fingerprint density at radius 1 is 0.857 bits per heavy atom. The van der Waals surface area contributed by atoms with Crippen LogP contribution in [0.4, 0.5) is 8.78 Å². The third-order valence-corrected chi connectivity index (χ3v) is 2.50. The monoisotopic (exact) mass is 310 g/mol. The molecule has 0 saturated heterocycles. The van der Waals surface area contributed by atoms with Gasteiger partial charge < -0.3 is 14.2 Å². The second-order valence-electron chi connectivity index (χ2n) is 4.48. The molecule has 0 radical (unpaired) electrons. The molecule has 0 spiro atoms. The van der Waals surface area contributed by atoms with Crippen molar-refractivity contribution in [1.82, 2.24) is 0 Å². The second kappa shape index (κ2) is 11.4. The van der Waals surface area contributed by atoms with Crippen LogP contribution in [0.1, 0.15) is 40.0 Å². The number of hydrogen-bond acceptors (Lipinski definition) is 5. The summed E-state index contributed by atoms with van der Waals surface area (Å²) in [6.45, 7) is 5.39. The van der Waals surface area contributed by atoms with E-state index < -0.39 is 30.4 Å². The lowest BCUT2D eigenvalue weighted by molar-refractivity contribution is -0.177. The van der Waals surface area contributed by atoms with Crippen LogP contribution in [0.3, 0.4) is 0 Å². The summed E-state index contributed by atoms with van der Waals surface area (Å²) in [6.07, 6.45) is -3.29. The predicted molar refractivity (Wildman–Crippen MR) is 72.0 cm³/mol. The molecule has 0 amide bonds. The van der Waals surface area contributed by atoms with Crippen LogP contribution in [-0.2, 0) is 23.8 Å². The lowest BCUT2D eigenvalue weighted by Crippen LogP contribution is -2.43. The van der Waals surface area contributed by atoms with Gasteiger partial charge >= 0.3 is 11.9 Å². The zero-order valence-corrected chi connectivity index (χ0v) is 12.8. The minimum absolute atomic E-state index is 0.0215. The summed E-state index contributed by atoms with van der Waals surface area (Å²) >= 11 is 0. The molecule has 0 fully saturated rings. The van der Waals surface area contributed by atoms with Gasteiger partial charge in [0.2, 0.25) is 0 Å². The molecule has 0 saturated carbocycles. The number of esters is 2. The first-order valence-corrected chi connectivity index (χ1v) is 7.22. The van der Waals surface area contributed by atoms with E-state index in [9.17, 15) is 18.4 Å². The Morgan fingerprint density at radius 2 is 1.29 bits per heavy atom. The first-order valence-electron chi connectivity index (χ1n) is 7.22. The molecule has 0 bridgehead atoms. The van der Waals surface area contributed by atoms with Crippen molar-refractivity contribution in [2.45, 2.75) is 52.6 Å². The zero-order valence-electron chi connectivity index (χ0n) is 12.8. The van der Waals surface area contributed by atoms with Gasteiger partial charge in [0, 0.05) is 6.61 Å². The van der Waals surface area contributed by atoms with Crippen LogP contribution in [0.5, 0.6) is 0 Å². The molecule has 5 nitrogen and oxygen atoms in total. The molecular formula is C14H24F2O5. The zero-order chi connectivity index (χ0) is 16.3. The molecule has 124 valence electrons. The van der Waals surface area contributed by atoms with Crippen molar-refractivity contribution in [3.63, 3.8) is 0 Å². The molecule has 21 heavy (non-hydrogen) atoms. The highest BCUT2D eigenvalue weighted by Gasteiger charge is 2.43. The van der Waals surface area contributed by atoms with E-state index >= 15 is 0 Å². The molecule has 1 atom stereocenters. The number of ether oxygens (including phenoxy) is 3. The molecule has 7 heteroatoms. The number of halogens is 2. The number of carbonyl (C=O) groups excluding carboxylic acids is 2. The number of hydrogen-bond donors (Lipinski definition) is 0. The van der Waals surface area contributed by atoms with Gasteiger partial charge in [0.1, 0.15) is 6.10 Å². The third kappa shape index (κ3) is 7.36. The van der Waals surface area contributed by atoms with Crippen molar-refractivity contribution < 1.29 is 32.6 Å². The lowest BCUT2D eigenvalue weighted by atomic mass is 10.0. The van der Waals surface area contributed by atoms with E-state index in [0.29, 0.717) is 19.3 Å². The summed E-state index contributed by atoms with van der Waals surface area (Å²) in [6, 6.07) is 0. The first kappa shape index (κ1) is 19.8. The molecule has 0 aliphatic rings. The number of rotatable bonds is 11. The van der Waals surface area contributed by atoms with E-state index in [4.69, 9.17) is 14.2 Å². The number of alkyl halides is 2. The first-order chi connectivity index (χ1) is 9.99. The van der Waals surface area contributed by atoms with Crippen molar-refractivity contribution >= 4 is 11.9 Å². The van der Waals surface area contributed by atoms with Gasteiger partial charge in [-0.3, -0.25) is 9.59 Å². The molecule has 0 heterocycles. The van der Waals surface area contributed by atoms with E-state index in [1.54, 1.807) is 20.8 Å². The normalized spacial score (nSPS) is 12.5. The largest absolute Gasteiger partial charge is 0.465 e. The molecule has 0 N–H and O–H groups in total. The van der Waals surface area contributed by atoms with Gasteiger partial charge in [0.25, 0.3) is 6.43 Å². The van der Waals surface area contributed by atoms with Crippen molar-refractivity contribution in [1.29, 1.82) is 0 Å². The second-order valence-corrected chi connectivity index (χ2v) is 4.48. The predicted octanol–water partition coefficient (Wildman–Crippen LogP) is 2.57. The minimum Gasteiger partial charge on any atom is -0.465 e. The standard InChI is InChI=1S/C14H24F2O5/c1-4-7-19-11(12(15)16)10(13(17)20-8-5-2)14(18)21-9-6-3/h10-12H,4-9H2,1-3H3. The fraction of sp³-hybridized carbons (Fsp3) is 0.857. The SMILES string of the molecule is CCCOC(=O)C(C(=O)OCCC)C(OCCC)C(F)F. The molecule has 0 aliphatic carbocycles. The summed E-state index contributed by atoms with van der Waals surface area (Å²) in [7, 11) is 0. The van der Waals surface area contributed by atoms with Gasteiger partial charge in [-0.2, -0.15) is 0 Å². The Morgan fingerprint density at radius 3 is 1.62 bits per heavy atom. The lowest BCUT2D eigenvalue weighted by Gasteiger charge is -2.23. The van der Waals surface area contributed by atoms with Crippen LogP contribution in [0.15, 0.2) is 0 Å². The Bertz CT molecular complexity index is 290. The van der Waals surface area contributed by atoms with E-state index in [-0.39, 0.29) is 19.8 Å². The quantitative estimate of drug-likeness (QED) is 0.433. The maximum atomic E-state index is 13.1. The highest BCUT2D eigenvalue weighted by Crippen LogP contribution is 2.20.